The molecule has 172 valence electrons. The van der Waals surface area contributed by atoms with Crippen LogP contribution in [-0.4, -0.2) is 48.2 Å². The van der Waals surface area contributed by atoms with Gasteiger partial charge in [-0.1, -0.05) is 11.6 Å². The van der Waals surface area contributed by atoms with Gasteiger partial charge in [0.25, 0.3) is 5.91 Å². The monoisotopic (exact) mass is 464 g/mol. The number of carbonyl (C=O) groups is 3. The van der Waals surface area contributed by atoms with Crippen molar-refractivity contribution in [1.82, 2.24) is 4.90 Å². The first-order chi connectivity index (χ1) is 14.3. The molecule has 0 saturated carbocycles. The van der Waals surface area contributed by atoms with Crippen LogP contribution in [0.15, 0.2) is 18.2 Å². The fourth-order valence-electron chi connectivity index (χ4n) is 2.90. The zero-order valence-corrected chi connectivity index (χ0v) is 18.1. The molecule has 0 unspecified atom stereocenters. The molecule has 0 bridgehead atoms. The van der Waals surface area contributed by atoms with Gasteiger partial charge in [-0.2, -0.15) is 13.2 Å². The molecule has 0 radical (unpaired) electrons. The molecule has 0 aliphatic carbocycles. The smallest absolute Gasteiger partial charge is 0.417 e. The number of amides is 2. The van der Waals surface area contributed by atoms with Crippen LogP contribution in [0.1, 0.15) is 39.2 Å². The highest BCUT2D eigenvalue weighted by molar-refractivity contribution is 6.31. The molecule has 0 spiro atoms. The molecule has 1 aromatic rings. The third kappa shape index (κ3) is 7.61. The summed E-state index contributed by atoms with van der Waals surface area (Å²) in [4.78, 5) is 37.7. The van der Waals surface area contributed by atoms with Crippen molar-refractivity contribution in [2.45, 2.75) is 45.4 Å². The van der Waals surface area contributed by atoms with Crippen LogP contribution in [0, 0.1) is 5.92 Å². The van der Waals surface area contributed by atoms with Crippen molar-refractivity contribution >= 4 is 35.3 Å². The molecule has 1 N–H and O–H groups in total. The van der Waals surface area contributed by atoms with E-state index in [4.69, 9.17) is 21.1 Å². The van der Waals surface area contributed by atoms with E-state index in [-0.39, 0.29) is 5.69 Å². The lowest BCUT2D eigenvalue weighted by Gasteiger charge is -2.32. The summed E-state index contributed by atoms with van der Waals surface area (Å²) in [5.74, 6) is -1.88. The maximum absolute atomic E-state index is 12.9. The summed E-state index contributed by atoms with van der Waals surface area (Å²) >= 11 is 5.53. The number of nitrogens with one attached hydrogen (secondary N) is 1. The minimum absolute atomic E-state index is 0.122. The number of benzene rings is 1. The average molecular weight is 465 g/mol. The number of piperidine rings is 1. The van der Waals surface area contributed by atoms with E-state index in [9.17, 15) is 27.6 Å². The Morgan fingerprint density at radius 1 is 1.16 bits per heavy atom. The van der Waals surface area contributed by atoms with Crippen LogP contribution in [0.25, 0.3) is 0 Å². The Labute approximate surface area is 182 Å². The van der Waals surface area contributed by atoms with Crippen LogP contribution >= 0.6 is 11.6 Å². The van der Waals surface area contributed by atoms with Crippen LogP contribution < -0.4 is 5.32 Å². The molecule has 1 aromatic carbocycles. The van der Waals surface area contributed by atoms with E-state index in [0.717, 1.165) is 6.07 Å². The molecule has 1 heterocycles. The summed E-state index contributed by atoms with van der Waals surface area (Å²) in [5, 5.41) is 1.75. The zero-order chi connectivity index (χ0) is 23.4. The quantitative estimate of drug-likeness (QED) is 0.664. The number of halogens is 4. The van der Waals surface area contributed by atoms with Crippen molar-refractivity contribution in [1.29, 1.82) is 0 Å². The summed E-state index contributed by atoms with van der Waals surface area (Å²) in [5.41, 5.74) is -1.82. The summed E-state index contributed by atoms with van der Waals surface area (Å²) in [6, 6.07) is 2.93. The Hall–Kier alpha value is -2.49. The predicted molar refractivity (Wildman–Crippen MR) is 107 cm³/mol. The molecule has 1 saturated heterocycles. The van der Waals surface area contributed by atoms with Crippen molar-refractivity contribution in [3.63, 3.8) is 0 Å². The molecule has 1 aliphatic heterocycles. The molecule has 0 atom stereocenters. The summed E-state index contributed by atoms with van der Waals surface area (Å²) in [6.07, 6.45) is -4.42. The van der Waals surface area contributed by atoms with Gasteiger partial charge in [0.05, 0.1) is 16.5 Å². The maximum Gasteiger partial charge on any atom is 0.417 e. The van der Waals surface area contributed by atoms with Gasteiger partial charge >= 0.3 is 18.2 Å². The van der Waals surface area contributed by atoms with Gasteiger partial charge in [0.15, 0.2) is 6.61 Å². The highest BCUT2D eigenvalue weighted by Gasteiger charge is 2.34. The fourth-order valence-corrected chi connectivity index (χ4v) is 3.12. The first kappa shape index (κ1) is 24.8. The van der Waals surface area contributed by atoms with Crippen LogP contribution in [0.5, 0.6) is 0 Å². The standard InChI is InChI=1S/C20H24ClF3N2O5/c1-19(2,3)31-18(29)26-8-6-12(7-9-26)17(28)30-11-16(27)25-13-4-5-15(21)14(10-13)20(22,23)24/h4-5,10,12H,6-9,11H2,1-3H3,(H,25,27). The first-order valence-corrected chi connectivity index (χ1v) is 9.95. The number of carbonyl (C=O) groups excluding carboxylic acids is 3. The van der Waals surface area contributed by atoms with Gasteiger partial charge in [-0.15, -0.1) is 0 Å². The van der Waals surface area contributed by atoms with Gasteiger partial charge in [-0.05, 0) is 51.8 Å². The van der Waals surface area contributed by atoms with Crippen LogP contribution in [0.3, 0.4) is 0 Å². The Kier molecular flexibility index (Phi) is 7.80. The number of alkyl halides is 3. The van der Waals surface area contributed by atoms with Gasteiger partial charge < -0.3 is 19.7 Å². The molecule has 2 amide bonds. The SMILES string of the molecule is CC(C)(C)OC(=O)N1CCC(C(=O)OCC(=O)Nc2ccc(Cl)c(C(F)(F)F)c2)CC1. The van der Waals surface area contributed by atoms with E-state index in [0.29, 0.717) is 32.0 Å². The molecule has 1 fully saturated rings. The number of esters is 1. The van der Waals surface area contributed by atoms with E-state index in [1.54, 1.807) is 20.8 Å². The molecule has 7 nitrogen and oxygen atoms in total. The highest BCUT2D eigenvalue weighted by Crippen LogP contribution is 2.36. The lowest BCUT2D eigenvalue weighted by atomic mass is 9.97. The van der Waals surface area contributed by atoms with E-state index in [1.807, 2.05) is 0 Å². The minimum Gasteiger partial charge on any atom is -0.455 e. The number of likely N-dealkylation sites (tertiary alicyclic amines) is 1. The molecule has 11 heteroatoms. The lowest BCUT2D eigenvalue weighted by Crippen LogP contribution is -2.43. The predicted octanol–water partition coefficient (Wildman–Crippen LogP) is 4.49. The zero-order valence-electron chi connectivity index (χ0n) is 17.3. The summed E-state index contributed by atoms with van der Waals surface area (Å²) < 4.78 is 48.9. The largest absolute Gasteiger partial charge is 0.455 e. The summed E-state index contributed by atoms with van der Waals surface area (Å²) in [6.45, 7) is 5.25. The van der Waals surface area contributed by atoms with Crippen molar-refractivity contribution in [2.24, 2.45) is 5.92 Å². The number of anilines is 1. The topological polar surface area (TPSA) is 84.9 Å². The molecule has 1 aliphatic rings. The second kappa shape index (κ2) is 9.76. The van der Waals surface area contributed by atoms with Gasteiger partial charge in [0, 0.05) is 18.8 Å². The van der Waals surface area contributed by atoms with Gasteiger partial charge in [-0.3, -0.25) is 9.59 Å². The Bertz CT molecular complexity index is 831. The van der Waals surface area contributed by atoms with Crippen molar-refractivity contribution in [3.05, 3.63) is 28.8 Å². The van der Waals surface area contributed by atoms with Crippen LogP contribution in [-0.2, 0) is 25.2 Å². The normalized spacial score (nSPS) is 15.4. The second-order valence-electron chi connectivity index (χ2n) is 8.09. The average Bonchev–Trinajstić information content (AvgIpc) is 2.65. The number of rotatable bonds is 4. The third-order valence-electron chi connectivity index (χ3n) is 4.38. The van der Waals surface area contributed by atoms with E-state index >= 15 is 0 Å². The number of ether oxygens (including phenoxy) is 2. The molecule has 2 rings (SSSR count). The van der Waals surface area contributed by atoms with Gasteiger partial charge in [-0.25, -0.2) is 4.79 Å². The molecule has 0 aromatic heterocycles. The van der Waals surface area contributed by atoms with Crippen molar-refractivity contribution < 1.29 is 37.0 Å². The van der Waals surface area contributed by atoms with E-state index < -0.39 is 52.9 Å². The first-order valence-electron chi connectivity index (χ1n) is 9.57. The highest BCUT2D eigenvalue weighted by atomic mass is 35.5. The van der Waals surface area contributed by atoms with Crippen molar-refractivity contribution in [3.8, 4) is 0 Å². The summed E-state index contributed by atoms with van der Waals surface area (Å²) in [7, 11) is 0. The van der Waals surface area contributed by atoms with E-state index in [2.05, 4.69) is 5.32 Å². The van der Waals surface area contributed by atoms with E-state index in [1.165, 1.54) is 11.0 Å². The fraction of sp³-hybridized carbons (Fsp3) is 0.550. The number of hydrogen-bond acceptors (Lipinski definition) is 5. The van der Waals surface area contributed by atoms with Crippen LogP contribution in [0.2, 0.25) is 5.02 Å². The minimum atomic E-state index is -4.67. The molecular formula is C20H24ClF3N2O5. The Morgan fingerprint density at radius 3 is 2.32 bits per heavy atom. The number of nitrogens with zero attached hydrogens (tertiary/aromatic N) is 1. The third-order valence-corrected chi connectivity index (χ3v) is 4.71. The second-order valence-corrected chi connectivity index (χ2v) is 8.50. The maximum atomic E-state index is 12.9. The van der Waals surface area contributed by atoms with Gasteiger partial charge in [0.1, 0.15) is 5.60 Å². The Balaban J connectivity index is 1.81. The number of hydrogen-bond donors (Lipinski definition) is 1. The molecular weight excluding hydrogens is 441 g/mol. The lowest BCUT2D eigenvalue weighted by molar-refractivity contribution is -0.153. The molecule has 31 heavy (non-hydrogen) atoms. The van der Waals surface area contributed by atoms with Crippen molar-refractivity contribution in [2.75, 3.05) is 25.0 Å². The van der Waals surface area contributed by atoms with Gasteiger partial charge in [0.2, 0.25) is 0 Å². The van der Waals surface area contributed by atoms with Crippen LogP contribution in [0.4, 0.5) is 23.7 Å². The Morgan fingerprint density at radius 2 is 1.77 bits per heavy atom.